The minimum absolute atomic E-state index is 0.114. The predicted octanol–water partition coefficient (Wildman–Crippen LogP) is 4.76. The van der Waals surface area contributed by atoms with Crippen molar-refractivity contribution >= 4 is 47.2 Å². The van der Waals surface area contributed by atoms with Gasteiger partial charge < -0.3 is 4.74 Å². The van der Waals surface area contributed by atoms with Crippen LogP contribution in [0.15, 0.2) is 60.8 Å². The Kier molecular flexibility index (Phi) is 6.61. The van der Waals surface area contributed by atoms with Gasteiger partial charge in [0.2, 0.25) is 0 Å². The van der Waals surface area contributed by atoms with E-state index >= 15 is 0 Å². The van der Waals surface area contributed by atoms with Crippen LogP contribution in [0.1, 0.15) is 0 Å². The zero-order valence-corrected chi connectivity index (χ0v) is 17.1. The third kappa shape index (κ3) is 3.90. The van der Waals surface area contributed by atoms with Crippen molar-refractivity contribution in [2.75, 3.05) is 0 Å². The van der Waals surface area contributed by atoms with Gasteiger partial charge in [-0.15, -0.1) is 0 Å². The van der Waals surface area contributed by atoms with Crippen LogP contribution >= 0.6 is 18.8 Å². The maximum atomic E-state index is 10.6. The van der Waals surface area contributed by atoms with Gasteiger partial charge in [0, 0.05) is 17.1 Å². The van der Waals surface area contributed by atoms with Crippen LogP contribution < -0.4 is 0 Å². The van der Waals surface area contributed by atoms with E-state index in [-0.39, 0.29) is 6.73 Å². The van der Waals surface area contributed by atoms with Crippen molar-refractivity contribution in [3.05, 3.63) is 60.8 Å². The van der Waals surface area contributed by atoms with Crippen LogP contribution in [0.25, 0.3) is 33.3 Å². The van der Waals surface area contributed by atoms with Gasteiger partial charge in [0.1, 0.15) is 5.82 Å². The Morgan fingerprint density at radius 3 is 2.65 bits per heavy atom. The summed E-state index contributed by atoms with van der Waals surface area (Å²) < 4.78 is 6.86. The average molecular weight is 569 g/mol. The van der Waals surface area contributed by atoms with Gasteiger partial charge in [0.25, 0.3) is 6.47 Å². The van der Waals surface area contributed by atoms with Crippen LogP contribution in [0.5, 0.6) is 0 Å². The third-order valence-electron chi connectivity index (χ3n) is 3.80. The molecule has 0 aliphatic rings. The fraction of sp³-hybridized carbons (Fsp3) is 0.0556. The van der Waals surface area contributed by atoms with Crippen molar-refractivity contribution < 1.29 is 26.0 Å². The number of pyridine rings is 1. The van der Waals surface area contributed by atoms with Gasteiger partial charge in [0.15, 0.2) is 6.73 Å². The molecule has 0 bridgehead atoms. The summed E-state index contributed by atoms with van der Waals surface area (Å²) in [5.41, 5.74) is 3.55. The number of rotatable bonds is 4. The number of carbonyl (C=O) groups is 1. The SMILES string of the molecule is O=COCn1c(-c2cccc3cccnc23)nc2ccccc21.[Cl][Pt][Cl]. The first-order chi connectivity index (χ1) is 12.8. The number of nitrogens with zero attached hydrogens (tertiary/aromatic N) is 3. The van der Waals surface area contributed by atoms with Gasteiger partial charge in [-0.05, 0) is 24.3 Å². The van der Waals surface area contributed by atoms with Crippen LogP contribution in [0.4, 0.5) is 0 Å². The molecule has 0 fully saturated rings. The molecular weight excluding hydrogens is 556 g/mol. The molecule has 2 aromatic carbocycles. The van der Waals surface area contributed by atoms with Gasteiger partial charge in [-0.1, -0.05) is 30.3 Å². The number of fused-ring (bicyclic) bond motifs is 2. The fourth-order valence-electron chi connectivity index (χ4n) is 2.80. The van der Waals surface area contributed by atoms with Crippen LogP contribution in [0.3, 0.4) is 0 Å². The summed E-state index contributed by atoms with van der Waals surface area (Å²) in [4.78, 5) is 19.8. The Bertz CT molecular complexity index is 1030. The van der Waals surface area contributed by atoms with E-state index in [1.54, 1.807) is 6.20 Å². The van der Waals surface area contributed by atoms with E-state index in [9.17, 15) is 4.79 Å². The van der Waals surface area contributed by atoms with E-state index in [1.165, 1.54) is 0 Å². The molecule has 0 N–H and O–H groups in total. The number of aromatic nitrogens is 3. The normalized spacial score (nSPS) is 10.5. The number of carbonyl (C=O) groups excluding carboxylic acids is 1. The number of para-hydroxylation sites is 3. The number of imidazole rings is 1. The molecule has 4 aromatic rings. The summed E-state index contributed by atoms with van der Waals surface area (Å²) in [6.45, 7) is 0.558. The van der Waals surface area contributed by atoms with Gasteiger partial charge in [-0.25, -0.2) is 4.98 Å². The summed E-state index contributed by atoms with van der Waals surface area (Å²) in [6, 6.07) is 17.7. The Balaban J connectivity index is 0.000000613. The Morgan fingerprint density at radius 2 is 1.85 bits per heavy atom. The maximum absolute atomic E-state index is 10.6. The van der Waals surface area contributed by atoms with Gasteiger partial charge >= 0.3 is 35.3 Å². The molecule has 0 amide bonds. The molecule has 5 nitrogen and oxygen atoms in total. The molecule has 4 rings (SSSR count). The predicted molar refractivity (Wildman–Crippen MR) is 99.3 cm³/mol. The van der Waals surface area contributed by atoms with E-state index in [0.717, 1.165) is 33.3 Å². The van der Waals surface area contributed by atoms with E-state index < -0.39 is 16.5 Å². The zero-order chi connectivity index (χ0) is 18.4. The van der Waals surface area contributed by atoms with E-state index in [0.29, 0.717) is 6.47 Å². The van der Waals surface area contributed by atoms with E-state index in [1.807, 2.05) is 59.2 Å². The van der Waals surface area contributed by atoms with E-state index in [4.69, 9.17) is 28.6 Å². The molecule has 2 aromatic heterocycles. The summed E-state index contributed by atoms with van der Waals surface area (Å²) in [5, 5.41) is 1.04. The zero-order valence-electron chi connectivity index (χ0n) is 13.3. The summed E-state index contributed by atoms with van der Waals surface area (Å²) in [6.07, 6.45) is 1.76. The topological polar surface area (TPSA) is 57.0 Å². The van der Waals surface area contributed by atoms with Gasteiger partial charge in [-0.3, -0.25) is 14.3 Å². The second-order valence-electron chi connectivity index (χ2n) is 5.17. The molecule has 0 saturated heterocycles. The molecule has 0 aliphatic heterocycles. The summed E-state index contributed by atoms with van der Waals surface area (Å²) in [5.74, 6) is 0.734. The van der Waals surface area contributed by atoms with Crippen molar-refractivity contribution in [1.82, 2.24) is 14.5 Å². The molecule has 0 saturated carbocycles. The Labute approximate surface area is 166 Å². The first-order valence-corrected chi connectivity index (χ1v) is 13.1. The first-order valence-electron chi connectivity index (χ1n) is 7.47. The molecule has 0 unspecified atom stereocenters. The fourth-order valence-corrected chi connectivity index (χ4v) is 2.80. The van der Waals surface area contributed by atoms with Crippen molar-refractivity contribution in [1.29, 1.82) is 0 Å². The van der Waals surface area contributed by atoms with Crippen molar-refractivity contribution in [2.24, 2.45) is 0 Å². The molecular formula is C18H13Cl2N3O2Pt. The van der Waals surface area contributed by atoms with Crippen LogP contribution in [0.2, 0.25) is 0 Å². The minimum atomic E-state index is -0.472. The number of halogens is 2. The van der Waals surface area contributed by atoms with Crippen LogP contribution in [-0.2, 0) is 32.7 Å². The number of benzene rings is 2. The molecule has 8 heteroatoms. The molecule has 0 aliphatic carbocycles. The van der Waals surface area contributed by atoms with Gasteiger partial charge in [0.05, 0.1) is 16.6 Å². The summed E-state index contributed by atoms with van der Waals surface area (Å²) in [7, 11) is 9.75. The average Bonchev–Trinajstić information content (AvgIpc) is 3.05. The monoisotopic (exact) mass is 568 g/mol. The second-order valence-corrected chi connectivity index (χ2v) is 8.45. The van der Waals surface area contributed by atoms with Crippen LogP contribution in [0, 0.1) is 0 Å². The van der Waals surface area contributed by atoms with Crippen molar-refractivity contribution in [3.8, 4) is 11.4 Å². The molecule has 0 atom stereocenters. The molecule has 0 radical (unpaired) electrons. The van der Waals surface area contributed by atoms with E-state index in [2.05, 4.69) is 4.98 Å². The summed E-state index contributed by atoms with van der Waals surface area (Å²) >= 11 is -0.472. The number of hydrogen-bond acceptors (Lipinski definition) is 4. The first kappa shape index (κ1) is 18.8. The Hall–Kier alpha value is -1.94. The van der Waals surface area contributed by atoms with Crippen LogP contribution in [-0.4, -0.2) is 21.0 Å². The second kappa shape index (κ2) is 9.13. The number of hydrogen-bond donors (Lipinski definition) is 0. The third-order valence-corrected chi connectivity index (χ3v) is 3.80. The quantitative estimate of drug-likeness (QED) is 0.333. The van der Waals surface area contributed by atoms with Crippen molar-refractivity contribution in [3.63, 3.8) is 0 Å². The van der Waals surface area contributed by atoms with Crippen molar-refractivity contribution in [2.45, 2.75) is 6.73 Å². The molecule has 0 spiro atoms. The Morgan fingerprint density at radius 1 is 1.08 bits per heavy atom. The molecule has 136 valence electrons. The van der Waals surface area contributed by atoms with Gasteiger partial charge in [-0.2, -0.15) is 0 Å². The standard InChI is InChI=1S/C18H13N3O2.2ClH.Pt/c22-12-23-11-21-16-9-2-1-8-15(16)20-18(21)14-7-3-5-13-6-4-10-19-17(13)14;;;/h1-10,12H,11H2;2*1H;/q;;;+2/p-2. The number of ether oxygens (including phenoxy) is 1. The molecule has 2 heterocycles. The molecule has 26 heavy (non-hydrogen) atoms.